The highest BCUT2D eigenvalue weighted by Gasteiger charge is 2.43. The van der Waals surface area contributed by atoms with Crippen molar-refractivity contribution in [2.45, 2.75) is 25.9 Å². The lowest BCUT2D eigenvalue weighted by atomic mass is 10.0. The number of furan rings is 1. The highest BCUT2D eigenvalue weighted by atomic mass is 32.1. The number of anilines is 2. The zero-order chi connectivity index (χ0) is 27.7. The molecule has 9 nitrogen and oxygen atoms in total. The first-order chi connectivity index (χ1) is 18.8. The summed E-state index contributed by atoms with van der Waals surface area (Å²) < 4.78 is 11.8. The lowest BCUT2D eigenvalue weighted by Gasteiger charge is -2.27. The molecule has 10 heteroatoms. The first kappa shape index (κ1) is 25.9. The Labute approximate surface area is 230 Å². The molecular formula is C29H26N4O5S. The molecule has 3 N–H and O–H groups in total. The molecule has 5 rings (SSSR count). The smallest absolute Gasteiger partial charge is 0.335 e. The fourth-order valence-electron chi connectivity index (χ4n) is 4.78. The van der Waals surface area contributed by atoms with Crippen molar-refractivity contribution in [2.24, 2.45) is 0 Å². The van der Waals surface area contributed by atoms with Gasteiger partial charge in [-0.3, -0.25) is 9.78 Å². The average Bonchev–Trinajstić information content (AvgIpc) is 3.53. The minimum absolute atomic E-state index is 0.212. The number of amides is 1. The molecule has 0 saturated carbocycles. The second kappa shape index (κ2) is 10.6. The van der Waals surface area contributed by atoms with Gasteiger partial charge in [-0.25, -0.2) is 4.79 Å². The maximum atomic E-state index is 11.9. The van der Waals surface area contributed by atoms with Crippen molar-refractivity contribution < 1.29 is 23.8 Å². The van der Waals surface area contributed by atoms with Crippen LogP contribution in [0, 0.1) is 6.92 Å². The van der Waals surface area contributed by atoms with Crippen molar-refractivity contribution in [2.75, 3.05) is 17.3 Å². The molecule has 3 heterocycles. The van der Waals surface area contributed by atoms with Gasteiger partial charge in [-0.2, -0.15) is 0 Å². The van der Waals surface area contributed by atoms with Gasteiger partial charge in [0, 0.05) is 24.4 Å². The molecular weight excluding hydrogens is 516 g/mol. The highest BCUT2D eigenvalue weighted by molar-refractivity contribution is 7.80. The lowest BCUT2D eigenvalue weighted by Crippen LogP contribution is -2.29. The van der Waals surface area contributed by atoms with E-state index in [1.807, 2.05) is 48.2 Å². The molecule has 1 fully saturated rings. The third kappa shape index (κ3) is 5.06. The number of nitrogens with one attached hydrogen (secondary N) is 2. The number of rotatable bonds is 7. The van der Waals surface area contributed by atoms with Gasteiger partial charge in [-0.05, 0) is 79.3 Å². The summed E-state index contributed by atoms with van der Waals surface area (Å²) in [6, 6.07) is 19.1. The Hall–Kier alpha value is -4.70. The number of aryl methyl sites for hydroxylation is 1. The first-order valence-electron chi connectivity index (χ1n) is 12.2. The summed E-state index contributed by atoms with van der Waals surface area (Å²) in [5.74, 6) is 0.542. The van der Waals surface area contributed by atoms with E-state index < -0.39 is 12.0 Å². The van der Waals surface area contributed by atoms with Crippen LogP contribution in [-0.2, 0) is 4.79 Å². The van der Waals surface area contributed by atoms with Gasteiger partial charge in [-0.1, -0.05) is 12.1 Å². The third-order valence-electron chi connectivity index (χ3n) is 6.53. The zero-order valence-corrected chi connectivity index (χ0v) is 22.3. The Kier molecular flexibility index (Phi) is 7.03. The summed E-state index contributed by atoms with van der Waals surface area (Å²) in [5, 5.41) is 16.0. The number of carbonyl (C=O) groups excluding carboxylic acids is 1. The van der Waals surface area contributed by atoms with Gasteiger partial charge in [0.2, 0.25) is 5.91 Å². The van der Waals surface area contributed by atoms with Crippen molar-refractivity contribution >= 4 is 40.6 Å². The molecule has 1 aliphatic rings. The minimum atomic E-state index is -0.984. The van der Waals surface area contributed by atoms with Gasteiger partial charge in [0.25, 0.3) is 0 Å². The van der Waals surface area contributed by atoms with Crippen LogP contribution >= 0.6 is 12.2 Å². The number of aromatic nitrogens is 1. The molecule has 0 radical (unpaired) electrons. The van der Waals surface area contributed by atoms with E-state index in [2.05, 4.69) is 15.6 Å². The number of carboxylic acids is 1. The van der Waals surface area contributed by atoms with Crippen molar-refractivity contribution in [1.29, 1.82) is 0 Å². The number of benzene rings is 2. The molecule has 1 saturated heterocycles. The highest BCUT2D eigenvalue weighted by Crippen LogP contribution is 2.44. The summed E-state index contributed by atoms with van der Waals surface area (Å²) in [4.78, 5) is 29.7. The van der Waals surface area contributed by atoms with Gasteiger partial charge in [-0.15, -0.1) is 0 Å². The van der Waals surface area contributed by atoms with Crippen LogP contribution in [-0.4, -0.2) is 34.2 Å². The molecule has 1 amide bonds. The molecule has 0 bridgehead atoms. The monoisotopic (exact) mass is 542 g/mol. The Morgan fingerprint density at radius 1 is 1.13 bits per heavy atom. The molecule has 1 aliphatic heterocycles. The summed E-state index contributed by atoms with van der Waals surface area (Å²) in [5.41, 5.74) is 3.80. The van der Waals surface area contributed by atoms with Crippen molar-refractivity contribution in [3.05, 3.63) is 95.5 Å². The van der Waals surface area contributed by atoms with E-state index in [-0.39, 0.29) is 17.5 Å². The molecule has 0 spiro atoms. The Morgan fingerprint density at radius 3 is 2.62 bits per heavy atom. The maximum absolute atomic E-state index is 11.9. The van der Waals surface area contributed by atoms with E-state index in [4.69, 9.17) is 21.4 Å². The predicted octanol–water partition coefficient (Wildman–Crippen LogP) is 5.49. The number of ether oxygens (including phenoxy) is 1. The van der Waals surface area contributed by atoms with E-state index in [1.54, 1.807) is 36.5 Å². The van der Waals surface area contributed by atoms with E-state index in [0.717, 1.165) is 22.5 Å². The second-order valence-electron chi connectivity index (χ2n) is 9.10. The number of thiocarbonyl (C=S) groups is 1. The Bertz CT molecular complexity index is 1570. The number of nitrogens with zero attached hydrogens (tertiary/aromatic N) is 2. The minimum Gasteiger partial charge on any atom is -0.495 e. The first-order valence-corrected chi connectivity index (χ1v) is 12.6. The summed E-state index contributed by atoms with van der Waals surface area (Å²) >= 11 is 5.80. The van der Waals surface area contributed by atoms with Crippen LogP contribution < -0.4 is 20.3 Å². The maximum Gasteiger partial charge on any atom is 0.335 e. The number of pyridine rings is 1. The van der Waals surface area contributed by atoms with Gasteiger partial charge in [0.1, 0.15) is 23.3 Å². The number of carboxylic acid groups (broad SMARTS) is 1. The van der Waals surface area contributed by atoms with Crippen LogP contribution in [0.5, 0.6) is 5.75 Å². The quantitative estimate of drug-likeness (QED) is 0.261. The second-order valence-corrected chi connectivity index (χ2v) is 9.49. The van der Waals surface area contributed by atoms with Gasteiger partial charge >= 0.3 is 5.97 Å². The number of hydrogen-bond donors (Lipinski definition) is 3. The third-order valence-corrected chi connectivity index (χ3v) is 6.84. The van der Waals surface area contributed by atoms with Gasteiger partial charge in [0.15, 0.2) is 5.11 Å². The molecule has 0 unspecified atom stereocenters. The van der Waals surface area contributed by atoms with Crippen molar-refractivity contribution in [3.8, 4) is 17.1 Å². The van der Waals surface area contributed by atoms with Crippen LogP contribution in [0.3, 0.4) is 0 Å². The van der Waals surface area contributed by atoms with Crippen LogP contribution in [0.15, 0.2) is 77.3 Å². The Morgan fingerprint density at radius 2 is 1.95 bits per heavy atom. The van der Waals surface area contributed by atoms with Crippen LogP contribution in [0.1, 0.15) is 46.4 Å². The number of methoxy groups -OCH3 is 1. The number of hydrogen-bond acceptors (Lipinski definition) is 6. The summed E-state index contributed by atoms with van der Waals surface area (Å²) in [6.45, 7) is 3.28. The largest absolute Gasteiger partial charge is 0.495 e. The SMILES string of the molecule is COc1ccc(N2C(=S)N[C@@H](c3ccccn3)[C@@H]2c2ccc(-c3ccc(C(=O)O)cc3C)o2)cc1NC(C)=O. The van der Waals surface area contributed by atoms with Gasteiger partial charge in [0.05, 0.1) is 30.1 Å². The average molecular weight is 543 g/mol. The summed E-state index contributed by atoms with van der Waals surface area (Å²) in [7, 11) is 1.54. The summed E-state index contributed by atoms with van der Waals surface area (Å²) in [6.07, 6.45) is 1.73. The molecule has 39 heavy (non-hydrogen) atoms. The van der Waals surface area contributed by atoms with E-state index in [0.29, 0.717) is 28.1 Å². The predicted molar refractivity (Wildman–Crippen MR) is 151 cm³/mol. The van der Waals surface area contributed by atoms with E-state index in [1.165, 1.54) is 14.0 Å². The molecule has 2 aromatic carbocycles. The van der Waals surface area contributed by atoms with E-state index in [9.17, 15) is 14.7 Å². The molecule has 2 aromatic heterocycles. The molecule has 2 atom stereocenters. The van der Waals surface area contributed by atoms with Gasteiger partial charge < -0.3 is 29.8 Å². The topological polar surface area (TPSA) is 117 Å². The van der Waals surface area contributed by atoms with Crippen molar-refractivity contribution in [1.82, 2.24) is 10.3 Å². The van der Waals surface area contributed by atoms with Crippen molar-refractivity contribution in [3.63, 3.8) is 0 Å². The normalized spacial score (nSPS) is 16.6. The molecule has 0 aliphatic carbocycles. The molecule has 4 aromatic rings. The molecule has 198 valence electrons. The standard InChI is InChI=1S/C29H26N4O5S/c1-16-14-18(28(35)36)7-9-20(16)23-11-12-25(38-23)27-26(21-6-4-5-13-30-21)32-29(39)33(27)19-8-10-24(37-3)22(15-19)31-17(2)34/h4-15,26-27H,1-3H3,(H,31,34)(H,32,39)(H,35,36)/t26-,27-/m0/s1. The number of carbonyl (C=O) groups is 2. The fourth-order valence-corrected chi connectivity index (χ4v) is 5.13. The van der Waals surface area contributed by atoms with Crippen LogP contribution in [0.4, 0.5) is 11.4 Å². The van der Waals surface area contributed by atoms with E-state index >= 15 is 0 Å². The van der Waals surface area contributed by atoms with Crippen LogP contribution in [0.25, 0.3) is 11.3 Å². The fraction of sp³-hybridized carbons (Fsp3) is 0.172. The zero-order valence-electron chi connectivity index (χ0n) is 21.5. The Balaban J connectivity index is 1.60. The lowest BCUT2D eigenvalue weighted by molar-refractivity contribution is -0.114. The van der Waals surface area contributed by atoms with Crippen LogP contribution in [0.2, 0.25) is 0 Å². The number of aromatic carboxylic acids is 1.